The smallest absolute Gasteiger partial charge is 0.197 e. The lowest BCUT2D eigenvalue weighted by Gasteiger charge is -2.47. The maximum absolute atomic E-state index is 14.0. The van der Waals surface area contributed by atoms with Crippen LogP contribution >= 0.6 is 0 Å². The van der Waals surface area contributed by atoms with E-state index in [1.54, 1.807) is 74.0 Å². The molecule has 2 aromatic carbocycles. The molecule has 16 heteroatoms. The van der Waals surface area contributed by atoms with E-state index in [1.165, 1.54) is 34.5 Å². The number of methoxy groups -OCH3 is 11. The third-order valence-electron chi connectivity index (χ3n) is 9.96. The minimum absolute atomic E-state index is 0.0430. The molecule has 3 heterocycles. The Balaban J connectivity index is 1.55. The molecule has 2 aliphatic heterocycles. The van der Waals surface area contributed by atoms with Gasteiger partial charge in [0.25, 0.3) is 0 Å². The van der Waals surface area contributed by atoms with Crippen molar-refractivity contribution < 1.29 is 70.7 Å². The second-order valence-corrected chi connectivity index (χ2v) is 12.6. The van der Waals surface area contributed by atoms with Gasteiger partial charge in [0.2, 0.25) is 0 Å². The van der Waals surface area contributed by atoms with Crippen molar-refractivity contribution in [1.29, 1.82) is 0 Å². The van der Waals surface area contributed by atoms with Crippen LogP contribution in [0.4, 0.5) is 0 Å². The fourth-order valence-corrected chi connectivity index (χ4v) is 7.46. The summed E-state index contributed by atoms with van der Waals surface area (Å²) >= 11 is 0. The van der Waals surface area contributed by atoms with Gasteiger partial charge in [-0.1, -0.05) is 0 Å². The van der Waals surface area contributed by atoms with Gasteiger partial charge in [-0.15, -0.1) is 0 Å². The number of ether oxygens (including phenoxy) is 14. The van der Waals surface area contributed by atoms with Crippen LogP contribution in [0.25, 0.3) is 22.3 Å². The number of benzene rings is 2. The van der Waals surface area contributed by atoms with Crippen molar-refractivity contribution in [3.63, 3.8) is 0 Å². The third-order valence-corrected chi connectivity index (χ3v) is 9.96. The molecule has 0 N–H and O–H groups in total. The van der Waals surface area contributed by atoms with Crippen LogP contribution < -0.4 is 24.4 Å². The Labute approximate surface area is 314 Å². The van der Waals surface area contributed by atoms with Gasteiger partial charge in [-0.25, -0.2) is 0 Å². The highest BCUT2D eigenvalue weighted by Crippen LogP contribution is 2.47. The van der Waals surface area contributed by atoms with Crippen LogP contribution in [0.2, 0.25) is 0 Å². The van der Waals surface area contributed by atoms with Gasteiger partial charge < -0.3 is 70.7 Å². The summed E-state index contributed by atoms with van der Waals surface area (Å²) < 4.78 is 89.3. The SMILES string of the molecule is COCC1OC(OCC2OC(c3c(OC)cc4oc(-c5ccc(OC)c(OC)c5)cc(=O)c4c3OC)C(OC)C(OC)C2OC)C(OC)C(OC)C1OC. The molecule has 16 nitrogen and oxygen atoms in total. The quantitative estimate of drug-likeness (QED) is 0.197. The topological polar surface area (TPSA) is 159 Å². The molecular weight excluding hydrogens is 712 g/mol. The largest absolute Gasteiger partial charge is 0.496 e. The van der Waals surface area contributed by atoms with Crippen molar-refractivity contribution in [2.75, 3.05) is 91.4 Å². The summed E-state index contributed by atoms with van der Waals surface area (Å²) in [5, 5.41) is 0.174. The van der Waals surface area contributed by atoms with E-state index < -0.39 is 61.2 Å². The Morgan fingerprint density at radius 1 is 0.574 bits per heavy atom. The second-order valence-electron chi connectivity index (χ2n) is 12.6. The van der Waals surface area contributed by atoms with E-state index in [2.05, 4.69) is 0 Å². The molecule has 2 aliphatic rings. The summed E-state index contributed by atoms with van der Waals surface area (Å²) in [7, 11) is 16.9. The van der Waals surface area contributed by atoms with Gasteiger partial charge >= 0.3 is 0 Å². The molecule has 5 rings (SSSR count). The average Bonchev–Trinajstić information content (AvgIpc) is 3.20. The Morgan fingerprint density at radius 2 is 1.17 bits per heavy atom. The van der Waals surface area contributed by atoms with Gasteiger partial charge in [-0.2, -0.15) is 0 Å². The third kappa shape index (κ3) is 7.91. The second kappa shape index (κ2) is 18.9. The van der Waals surface area contributed by atoms with Crippen LogP contribution in [-0.4, -0.2) is 147 Å². The molecule has 0 saturated carbocycles. The summed E-state index contributed by atoms with van der Waals surface area (Å²) in [6.45, 7) is 0.183. The lowest BCUT2D eigenvalue weighted by atomic mass is 9.89. The van der Waals surface area contributed by atoms with Crippen LogP contribution in [0.1, 0.15) is 11.7 Å². The molecule has 54 heavy (non-hydrogen) atoms. The van der Waals surface area contributed by atoms with Crippen LogP contribution in [0.5, 0.6) is 23.0 Å². The van der Waals surface area contributed by atoms with E-state index in [-0.39, 0.29) is 35.4 Å². The molecule has 10 unspecified atom stereocenters. The summed E-state index contributed by atoms with van der Waals surface area (Å²) in [6, 6.07) is 8.23. The van der Waals surface area contributed by atoms with Gasteiger partial charge in [-0.3, -0.25) is 4.79 Å². The molecule has 2 fully saturated rings. The Hall–Kier alpha value is -3.55. The van der Waals surface area contributed by atoms with E-state index in [0.29, 0.717) is 34.1 Å². The van der Waals surface area contributed by atoms with Gasteiger partial charge in [0, 0.05) is 67.5 Å². The minimum Gasteiger partial charge on any atom is -0.496 e. The average molecular weight is 765 g/mol. The van der Waals surface area contributed by atoms with E-state index in [4.69, 9.17) is 70.7 Å². The predicted octanol–water partition coefficient (Wildman–Crippen LogP) is 3.41. The van der Waals surface area contributed by atoms with Crippen molar-refractivity contribution >= 4 is 11.0 Å². The fourth-order valence-electron chi connectivity index (χ4n) is 7.46. The van der Waals surface area contributed by atoms with Crippen LogP contribution in [-0.2, 0) is 47.4 Å². The first-order valence-corrected chi connectivity index (χ1v) is 17.3. The molecule has 0 aliphatic carbocycles. The van der Waals surface area contributed by atoms with Gasteiger partial charge in [0.05, 0.1) is 47.2 Å². The molecule has 1 aromatic heterocycles. The van der Waals surface area contributed by atoms with Crippen molar-refractivity contribution in [3.05, 3.63) is 46.1 Å². The van der Waals surface area contributed by atoms with Crippen molar-refractivity contribution in [2.45, 2.75) is 61.2 Å². The molecular formula is C38H52O16. The summed E-state index contributed by atoms with van der Waals surface area (Å²) in [4.78, 5) is 14.0. The fraction of sp³-hybridized carbons (Fsp3) is 0.605. The zero-order valence-electron chi connectivity index (χ0n) is 32.6. The highest BCUT2D eigenvalue weighted by Gasteiger charge is 2.52. The molecule has 3 aromatic rings. The summed E-state index contributed by atoms with van der Waals surface area (Å²) in [5.41, 5.74) is 0.858. The molecule has 300 valence electrons. The standard InChI is InChI=1S/C38H52O16/c1-40-17-26-30(44-5)35(48-9)37(50-11)38(54-26)51-18-27-31(45-6)34(47-8)36(49-10)33(53-27)29-24(43-4)16-25-28(32(29)46-7)20(39)15-22(52-25)19-12-13-21(41-2)23(14-19)42-3/h12-16,26-27,30-31,33-38H,17-18H2,1-11H3. The Bertz CT molecular complexity index is 1730. The van der Waals surface area contributed by atoms with Gasteiger partial charge in [0.1, 0.15) is 83.2 Å². The minimum atomic E-state index is -0.921. The molecule has 10 atom stereocenters. The summed E-state index contributed by atoms with van der Waals surface area (Å²) in [6.07, 6.45) is -6.92. The molecule has 2 saturated heterocycles. The zero-order chi connectivity index (χ0) is 39.1. The Kier molecular flexibility index (Phi) is 14.5. The van der Waals surface area contributed by atoms with Gasteiger partial charge in [-0.05, 0) is 18.2 Å². The van der Waals surface area contributed by atoms with E-state index >= 15 is 0 Å². The Morgan fingerprint density at radius 3 is 1.72 bits per heavy atom. The lowest BCUT2D eigenvalue weighted by Crippen LogP contribution is -2.62. The molecule has 0 bridgehead atoms. The molecule has 0 spiro atoms. The number of fused-ring (bicyclic) bond motifs is 1. The molecule has 0 amide bonds. The summed E-state index contributed by atoms with van der Waals surface area (Å²) in [5.74, 6) is 1.80. The van der Waals surface area contributed by atoms with Crippen molar-refractivity contribution in [3.8, 4) is 34.3 Å². The molecule has 0 radical (unpaired) electrons. The lowest BCUT2D eigenvalue weighted by molar-refractivity contribution is -0.325. The maximum Gasteiger partial charge on any atom is 0.197 e. The number of hydrogen-bond donors (Lipinski definition) is 0. The number of hydrogen-bond acceptors (Lipinski definition) is 16. The number of rotatable bonds is 17. The van der Waals surface area contributed by atoms with E-state index in [9.17, 15) is 4.79 Å². The van der Waals surface area contributed by atoms with Crippen molar-refractivity contribution in [2.24, 2.45) is 0 Å². The zero-order valence-corrected chi connectivity index (χ0v) is 32.6. The first kappa shape index (κ1) is 41.6. The van der Waals surface area contributed by atoms with E-state index in [1.807, 2.05) is 0 Å². The van der Waals surface area contributed by atoms with Crippen LogP contribution in [0.3, 0.4) is 0 Å². The van der Waals surface area contributed by atoms with Gasteiger partial charge in [0.15, 0.2) is 23.2 Å². The maximum atomic E-state index is 14.0. The first-order chi connectivity index (χ1) is 26.2. The van der Waals surface area contributed by atoms with Crippen LogP contribution in [0, 0.1) is 0 Å². The van der Waals surface area contributed by atoms with Crippen LogP contribution in [0.15, 0.2) is 39.5 Å². The normalized spacial score (nSPS) is 28.6. The monoisotopic (exact) mass is 764 g/mol. The first-order valence-electron chi connectivity index (χ1n) is 17.3. The highest BCUT2D eigenvalue weighted by atomic mass is 16.7. The van der Waals surface area contributed by atoms with E-state index in [0.717, 1.165) is 0 Å². The highest BCUT2D eigenvalue weighted by molar-refractivity contribution is 5.89. The predicted molar refractivity (Wildman–Crippen MR) is 193 cm³/mol. The van der Waals surface area contributed by atoms with Crippen molar-refractivity contribution in [1.82, 2.24) is 0 Å².